The van der Waals surface area contributed by atoms with Gasteiger partial charge in [-0.1, -0.05) is 24.8 Å². The van der Waals surface area contributed by atoms with Crippen LogP contribution in [0.2, 0.25) is 0 Å². The van der Waals surface area contributed by atoms with Crippen molar-refractivity contribution in [3.63, 3.8) is 0 Å². The third kappa shape index (κ3) is 8.21. The molecule has 0 radical (unpaired) electrons. The van der Waals surface area contributed by atoms with Gasteiger partial charge in [-0.3, -0.25) is 14.5 Å². The first-order chi connectivity index (χ1) is 15.7. The third-order valence-corrected chi connectivity index (χ3v) is 5.53. The molecular formula is C24H34N6O3. The minimum atomic E-state index is 0. The topological polar surface area (TPSA) is 112 Å². The summed E-state index contributed by atoms with van der Waals surface area (Å²) in [5.74, 6) is 1.12. The number of anilines is 3. The summed E-state index contributed by atoms with van der Waals surface area (Å²) in [6, 6.07) is 13.6. The van der Waals surface area contributed by atoms with Gasteiger partial charge in [-0.05, 0) is 56.4 Å². The number of pyridine rings is 1. The van der Waals surface area contributed by atoms with Crippen LogP contribution in [0.5, 0.6) is 0 Å². The van der Waals surface area contributed by atoms with E-state index in [1.54, 1.807) is 12.4 Å². The number of carbonyl (C=O) groups excluding carboxylic acids is 2. The van der Waals surface area contributed by atoms with Gasteiger partial charge >= 0.3 is 0 Å². The molecule has 2 amide bonds. The van der Waals surface area contributed by atoms with E-state index in [0.717, 1.165) is 50.8 Å². The molecule has 0 spiro atoms. The van der Waals surface area contributed by atoms with Gasteiger partial charge in [0, 0.05) is 31.9 Å². The summed E-state index contributed by atoms with van der Waals surface area (Å²) >= 11 is 0. The number of hydrogen-bond donors (Lipinski definition) is 2. The van der Waals surface area contributed by atoms with Crippen LogP contribution in [0.25, 0.3) is 0 Å². The summed E-state index contributed by atoms with van der Waals surface area (Å²) in [6.45, 7) is 9.27. The molecule has 0 saturated carbocycles. The molecule has 0 aliphatic carbocycles. The standard InChI is InChI=1S/C16H23N5O2.C8H9N.H2O/c22-13-18-14-3-4-15(17-11-14)20-7-9-21(10-8-20)16(23)12-19-5-1-2-6-19;1-2-9-8-6-4-3-5-7-8;/h3-4,11,13H,1-2,5-10,12H2,(H,18,22);2-7,9H,1H2;1H2. The van der Waals surface area contributed by atoms with E-state index >= 15 is 0 Å². The van der Waals surface area contributed by atoms with Gasteiger partial charge < -0.3 is 25.9 Å². The number of nitrogens with one attached hydrogen (secondary N) is 2. The number of para-hydroxylation sites is 1. The number of hydrogen-bond acceptors (Lipinski definition) is 6. The predicted molar refractivity (Wildman–Crippen MR) is 132 cm³/mol. The van der Waals surface area contributed by atoms with Crippen LogP contribution in [-0.2, 0) is 9.59 Å². The van der Waals surface area contributed by atoms with E-state index in [9.17, 15) is 9.59 Å². The lowest BCUT2D eigenvalue weighted by molar-refractivity contribution is -0.132. The zero-order valence-corrected chi connectivity index (χ0v) is 18.9. The average Bonchev–Trinajstić information content (AvgIpc) is 3.34. The summed E-state index contributed by atoms with van der Waals surface area (Å²) in [5, 5.41) is 5.55. The van der Waals surface area contributed by atoms with Crippen LogP contribution in [0.1, 0.15) is 12.8 Å². The van der Waals surface area contributed by atoms with Crippen LogP contribution in [0.3, 0.4) is 0 Å². The molecule has 0 atom stereocenters. The van der Waals surface area contributed by atoms with Gasteiger partial charge in [-0.15, -0.1) is 0 Å². The van der Waals surface area contributed by atoms with E-state index in [1.165, 1.54) is 12.8 Å². The summed E-state index contributed by atoms with van der Waals surface area (Å²) in [4.78, 5) is 33.5. The van der Waals surface area contributed by atoms with Gasteiger partial charge in [-0.2, -0.15) is 0 Å². The van der Waals surface area contributed by atoms with Crippen LogP contribution in [0.4, 0.5) is 17.2 Å². The highest BCUT2D eigenvalue weighted by Gasteiger charge is 2.24. The summed E-state index contributed by atoms with van der Waals surface area (Å²) in [5.41, 5.74) is 1.76. The molecule has 0 bridgehead atoms. The van der Waals surface area contributed by atoms with Gasteiger partial charge in [0.1, 0.15) is 5.82 Å². The molecule has 3 heterocycles. The highest BCUT2D eigenvalue weighted by molar-refractivity contribution is 5.78. The second-order valence-electron chi connectivity index (χ2n) is 7.73. The number of benzene rings is 1. The molecule has 2 aliphatic heterocycles. The van der Waals surface area contributed by atoms with E-state index in [1.807, 2.05) is 47.4 Å². The van der Waals surface area contributed by atoms with Crippen molar-refractivity contribution in [1.29, 1.82) is 0 Å². The third-order valence-electron chi connectivity index (χ3n) is 5.53. The normalized spacial score (nSPS) is 15.5. The van der Waals surface area contributed by atoms with Crippen molar-refractivity contribution in [1.82, 2.24) is 14.8 Å². The van der Waals surface area contributed by atoms with Crippen LogP contribution >= 0.6 is 0 Å². The Hall–Kier alpha value is -3.43. The second-order valence-corrected chi connectivity index (χ2v) is 7.73. The number of aromatic nitrogens is 1. The molecule has 33 heavy (non-hydrogen) atoms. The number of carbonyl (C=O) groups is 2. The van der Waals surface area contributed by atoms with Crippen molar-refractivity contribution in [2.45, 2.75) is 12.8 Å². The van der Waals surface area contributed by atoms with Crippen molar-refractivity contribution in [2.24, 2.45) is 0 Å². The lowest BCUT2D eigenvalue weighted by atomic mass is 10.3. The molecule has 2 aromatic rings. The maximum absolute atomic E-state index is 12.3. The fourth-order valence-electron chi connectivity index (χ4n) is 3.80. The Bertz CT molecular complexity index is 848. The highest BCUT2D eigenvalue weighted by Crippen LogP contribution is 2.16. The van der Waals surface area contributed by atoms with E-state index in [-0.39, 0.29) is 11.4 Å². The Morgan fingerprint density at radius 2 is 1.64 bits per heavy atom. The van der Waals surface area contributed by atoms with Crippen molar-refractivity contribution in [2.75, 3.05) is 61.3 Å². The van der Waals surface area contributed by atoms with Crippen LogP contribution in [0, 0.1) is 0 Å². The Morgan fingerprint density at radius 3 is 2.21 bits per heavy atom. The molecule has 178 valence electrons. The molecule has 4 rings (SSSR count). The number of nitrogens with zero attached hydrogens (tertiary/aromatic N) is 4. The minimum Gasteiger partial charge on any atom is -0.412 e. The second kappa shape index (κ2) is 13.9. The molecule has 2 aliphatic rings. The molecule has 2 saturated heterocycles. The Labute approximate surface area is 195 Å². The predicted octanol–water partition coefficient (Wildman–Crippen LogP) is 1.81. The first-order valence-electron chi connectivity index (χ1n) is 11.0. The monoisotopic (exact) mass is 454 g/mol. The largest absolute Gasteiger partial charge is 0.412 e. The molecule has 9 heteroatoms. The van der Waals surface area contributed by atoms with E-state index < -0.39 is 0 Å². The molecular weight excluding hydrogens is 420 g/mol. The fraction of sp³-hybridized carbons (Fsp3) is 0.375. The summed E-state index contributed by atoms with van der Waals surface area (Å²) in [6.07, 6.45) is 6.37. The Kier molecular flexibility index (Phi) is 10.9. The number of rotatable bonds is 7. The van der Waals surface area contributed by atoms with Crippen LogP contribution < -0.4 is 15.5 Å². The zero-order chi connectivity index (χ0) is 22.6. The number of piperazine rings is 1. The van der Waals surface area contributed by atoms with Crippen LogP contribution in [-0.4, -0.2) is 78.4 Å². The minimum absolute atomic E-state index is 0. The van der Waals surface area contributed by atoms with Crippen LogP contribution in [0.15, 0.2) is 61.4 Å². The van der Waals surface area contributed by atoms with Crippen molar-refractivity contribution < 1.29 is 15.1 Å². The number of likely N-dealkylation sites (tertiary alicyclic amines) is 1. The lowest BCUT2D eigenvalue weighted by Gasteiger charge is -2.36. The Balaban J connectivity index is 0.000000326. The molecule has 9 nitrogen and oxygen atoms in total. The molecule has 2 fully saturated rings. The molecule has 1 aromatic heterocycles. The van der Waals surface area contributed by atoms with Gasteiger partial charge in [0.15, 0.2) is 0 Å². The van der Waals surface area contributed by atoms with Gasteiger partial charge in [0.25, 0.3) is 0 Å². The van der Waals surface area contributed by atoms with Gasteiger partial charge in [0.2, 0.25) is 12.3 Å². The van der Waals surface area contributed by atoms with E-state index in [4.69, 9.17) is 0 Å². The average molecular weight is 455 g/mol. The maximum atomic E-state index is 12.3. The maximum Gasteiger partial charge on any atom is 0.236 e. The smallest absolute Gasteiger partial charge is 0.236 e. The Morgan fingerprint density at radius 1 is 0.939 bits per heavy atom. The fourth-order valence-corrected chi connectivity index (χ4v) is 3.80. The lowest BCUT2D eigenvalue weighted by Crippen LogP contribution is -2.51. The van der Waals surface area contributed by atoms with E-state index in [2.05, 4.69) is 32.0 Å². The molecule has 4 N–H and O–H groups in total. The van der Waals surface area contributed by atoms with Crippen molar-refractivity contribution in [3.8, 4) is 0 Å². The zero-order valence-electron chi connectivity index (χ0n) is 18.9. The van der Waals surface area contributed by atoms with E-state index in [0.29, 0.717) is 18.6 Å². The summed E-state index contributed by atoms with van der Waals surface area (Å²) in [7, 11) is 0. The summed E-state index contributed by atoms with van der Waals surface area (Å²) < 4.78 is 0. The van der Waals surface area contributed by atoms with Crippen molar-refractivity contribution >= 4 is 29.5 Å². The molecule has 0 unspecified atom stereocenters. The first kappa shape index (κ1) is 25.8. The van der Waals surface area contributed by atoms with Crippen molar-refractivity contribution in [3.05, 3.63) is 61.4 Å². The SMILES string of the molecule is C=CNc1ccccc1.O.O=CNc1ccc(N2CCN(C(=O)CN3CCCC3)CC2)nc1. The molecule has 1 aromatic carbocycles. The number of amides is 2. The van der Waals surface area contributed by atoms with Gasteiger partial charge in [-0.25, -0.2) is 4.98 Å². The highest BCUT2D eigenvalue weighted by atomic mass is 16.2. The first-order valence-corrected chi connectivity index (χ1v) is 11.0. The van der Waals surface area contributed by atoms with Gasteiger partial charge in [0.05, 0.1) is 18.4 Å². The quantitative estimate of drug-likeness (QED) is 0.617.